The minimum absolute atomic E-state index is 0.199. The van der Waals surface area contributed by atoms with Crippen LogP contribution < -0.4 is 14.2 Å². The number of hydrogen-bond acceptors (Lipinski definition) is 8. The Morgan fingerprint density at radius 3 is 2.43 bits per heavy atom. The summed E-state index contributed by atoms with van der Waals surface area (Å²) in [6.45, 7) is 2.54. The van der Waals surface area contributed by atoms with Gasteiger partial charge in [0, 0.05) is 12.1 Å². The first-order valence-electron chi connectivity index (χ1n) is 8.57. The molecule has 1 amide bonds. The van der Waals surface area contributed by atoms with Crippen LogP contribution in [0.15, 0.2) is 34.2 Å². The van der Waals surface area contributed by atoms with Gasteiger partial charge in [0.1, 0.15) is 6.54 Å². The Morgan fingerprint density at radius 1 is 1.18 bits per heavy atom. The molecule has 0 aliphatic heterocycles. The van der Waals surface area contributed by atoms with Crippen molar-refractivity contribution in [2.45, 2.75) is 13.5 Å². The van der Waals surface area contributed by atoms with Crippen LogP contribution in [-0.4, -0.2) is 48.8 Å². The fourth-order valence-electron chi connectivity index (χ4n) is 2.70. The fraction of sp³-hybridized carbons (Fsp3) is 0.316. The highest BCUT2D eigenvalue weighted by atomic mass is 32.1. The first-order chi connectivity index (χ1) is 13.6. The molecule has 1 aromatic carbocycles. The molecule has 8 nitrogen and oxygen atoms in total. The Morgan fingerprint density at radius 2 is 1.89 bits per heavy atom. The highest BCUT2D eigenvalue weighted by Crippen LogP contribution is 2.38. The molecule has 0 unspecified atom stereocenters. The SMILES string of the molecule is CCN(Cc1nc(-c2cccs2)no1)C(=O)c1cc(OC)c(OC)c(OC)c1. The van der Waals surface area contributed by atoms with Crippen LogP contribution in [0.3, 0.4) is 0 Å². The monoisotopic (exact) mass is 403 g/mol. The predicted octanol–water partition coefficient (Wildman–Crippen LogP) is 3.49. The number of methoxy groups -OCH3 is 3. The average Bonchev–Trinajstić information content (AvgIpc) is 3.41. The second-order valence-corrected chi connectivity index (χ2v) is 6.67. The summed E-state index contributed by atoms with van der Waals surface area (Å²) in [5.74, 6) is 1.94. The molecule has 0 aliphatic carbocycles. The van der Waals surface area contributed by atoms with Gasteiger partial charge in [-0.1, -0.05) is 11.2 Å². The number of thiophene rings is 1. The third-order valence-electron chi connectivity index (χ3n) is 4.12. The smallest absolute Gasteiger partial charge is 0.254 e. The lowest BCUT2D eigenvalue weighted by Gasteiger charge is -2.20. The standard InChI is InChI=1S/C19H21N3O5S/c1-5-22(11-16-20-18(21-27-16)15-7-6-8-28-15)19(23)12-9-13(24-2)17(26-4)14(10-12)25-3/h6-10H,5,11H2,1-4H3. The molecule has 0 radical (unpaired) electrons. The Bertz CT molecular complexity index is 914. The number of aromatic nitrogens is 2. The molecule has 0 atom stereocenters. The van der Waals surface area contributed by atoms with E-state index in [1.165, 1.54) is 32.7 Å². The normalized spacial score (nSPS) is 10.6. The maximum absolute atomic E-state index is 13.0. The molecule has 9 heteroatoms. The molecule has 2 heterocycles. The molecule has 0 bridgehead atoms. The van der Waals surface area contributed by atoms with Gasteiger partial charge in [0.15, 0.2) is 11.5 Å². The van der Waals surface area contributed by atoms with Gasteiger partial charge in [-0.25, -0.2) is 0 Å². The summed E-state index contributed by atoms with van der Waals surface area (Å²) in [7, 11) is 4.53. The highest BCUT2D eigenvalue weighted by molar-refractivity contribution is 7.13. The van der Waals surface area contributed by atoms with Crippen molar-refractivity contribution in [3.63, 3.8) is 0 Å². The summed E-state index contributed by atoms with van der Waals surface area (Å²) < 4.78 is 21.3. The minimum Gasteiger partial charge on any atom is -0.493 e. The second-order valence-electron chi connectivity index (χ2n) is 5.72. The quantitative estimate of drug-likeness (QED) is 0.569. The molecule has 2 aromatic heterocycles. The molecule has 0 aliphatic rings. The number of hydrogen-bond donors (Lipinski definition) is 0. The summed E-state index contributed by atoms with van der Waals surface area (Å²) in [6, 6.07) is 7.08. The lowest BCUT2D eigenvalue weighted by Crippen LogP contribution is -2.30. The van der Waals surface area contributed by atoms with Crippen molar-refractivity contribution in [1.29, 1.82) is 0 Å². The first kappa shape index (κ1) is 19.7. The van der Waals surface area contributed by atoms with E-state index in [4.69, 9.17) is 18.7 Å². The Hall–Kier alpha value is -3.07. The van der Waals surface area contributed by atoms with Gasteiger partial charge in [-0.2, -0.15) is 4.98 Å². The van der Waals surface area contributed by atoms with Gasteiger partial charge in [0.25, 0.3) is 5.91 Å². The molecule has 0 N–H and O–H groups in total. The molecule has 0 saturated heterocycles. The zero-order chi connectivity index (χ0) is 20.1. The third-order valence-corrected chi connectivity index (χ3v) is 4.98. The Balaban J connectivity index is 1.84. The van der Waals surface area contributed by atoms with Crippen LogP contribution in [0, 0.1) is 0 Å². The summed E-state index contributed by atoms with van der Waals surface area (Å²) in [6.07, 6.45) is 0. The molecule has 28 heavy (non-hydrogen) atoms. The van der Waals surface area contributed by atoms with Gasteiger partial charge in [0.2, 0.25) is 17.5 Å². The molecule has 0 spiro atoms. The molecule has 0 fully saturated rings. The first-order valence-corrected chi connectivity index (χ1v) is 9.45. The van der Waals surface area contributed by atoms with Crippen LogP contribution in [0.1, 0.15) is 23.2 Å². The van der Waals surface area contributed by atoms with Gasteiger partial charge in [-0.05, 0) is 30.5 Å². The zero-order valence-electron chi connectivity index (χ0n) is 16.1. The van der Waals surface area contributed by atoms with E-state index in [1.54, 1.807) is 17.0 Å². The van der Waals surface area contributed by atoms with Gasteiger partial charge in [0.05, 0.1) is 26.2 Å². The van der Waals surface area contributed by atoms with E-state index in [2.05, 4.69) is 10.1 Å². The van der Waals surface area contributed by atoms with Crippen LogP contribution in [0.4, 0.5) is 0 Å². The topological polar surface area (TPSA) is 86.9 Å². The highest BCUT2D eigenvalue weighted by Gasteiger charge is 2.22. The molecule has 3 rings (SSSR count). The van der Waals surface area contributed by atoms with Gasteiger partial charge >= 0.3 is 0 Å². The number of carbonyl (C=O) groups is 1. The van der Waals surface area contributed by atoms with Gasteiger partial charge < -0.3 is 23.6 Å². The number of nitrogens with zero attached hydrogens (tertiary/aromatic N) is 3. The fourth-order valence-corrected chi connectivity index (χ4v) is 3.35. The van der Waals surface area contributed by atoms with Gasteiger partial charge in [-0.15, -0.1) is 11.3 Å². The van der Waals surface area contributed by atoms with E-state index < -0.39 is 0 Å². The second kappa shape index (κ2) is 8.75. The van der Waals surface area contributed by atoms with Crippen molar-refractivity contribution in [1.82, 2.24) is 15.0 Å². The summed E-state index contributed by atoms with van der Waals surface area (Å²) in [4.78, 5) is 19.9. The maximum atomic E-state index is 13.0. The lowest BCUT2D eigenvalue weighted by molar-refractivity contribution is 0.0733. The van der Waals surface area contributed by atoms with E-state index in [1.807, 2.05) is 24.4 Å². The minimum atomic E-state index is -0.211. The molecule has 3 aromatic rings. The van der Waals surface area contributed by atoms with Crippen LogP contribution in [-0.2, 0) is 6.54 Å². The Kier molecular flexibility index (Phi) is 6.15. The zero-order valence-corrected chi connectivity index (χ0v) is 16.9. The van der Waals surface area contributed by atoms with Crippen molar-refractivity contribution >= 4 is 17.2 Å². The van der Waals surface area contributed by atoms with E-state index in [-0.39, 0.29) is 12.5 Å². The van der Waals surface area contributed by atoms with Crippen LogP contribution in [0.5, 0.6) is 17.2 Å². The summed E-state index contributed by atoms with van der Waals surface area (Å²) in [5.41, 5.74) is 0.411. The largest absolute Gasteiger partial charge is 0.493 e. The van der Waals surface area contributed by atoms with E-state index >= 15 is 0 Å². The number of carbonyl (C=O) groups excluding carboxylic acids is 1. The number of rotatable bonds is 8. The van der Waals surface area contributed by atoms with E-state index in [9.17, 15) is 4.79 Å². The lowest BCUT2D eigenvalue weighted by atomic mass is 10.1. The molecule has 0 saturated carbocycles. The molecular formula is C19H21N3O5S. The van der Waals surface area contributed by atoms with Crippen molar-refractivity contribution in [3.8, 4) is 28.0 Å². The maximum Gasteiger partial charge on any atom is 0.254 e. The summed E-state index contributed by atoms with van der Waals surface area (Å²) in [5, 5.41) is 5.93. The third kappa shape index (κ3) is 3.94. The van der Waals surface area contributed by atoms with Crippen molar-refractivity contribution in [2.24, 2.45) is 0 Å². The van der Waals surface area contributed by atoms with Crippen LogP contribution in [0.25, 0.3) is 10.7 Å². The van der Waals surface area contributed by atoms with Crippen LogP contribution >= 0.6 is 11.3 Å². The van der Waals surface area contributed by atoms with Crippen molar-refractivity contribution in [3.05, 3.63) is 41.1 Å². The number of benzene rings is 1. The summed E-state index contributed by atoms with van der Waals surface area (Å²) >= 11 is 1.52. The van der Waals surface area contributed by atoms with Crippen molar-refractivity contribution in [2.75, 3.05) is 27.9 Å². The predicted molar refractivity (Wildman–Crippen MR) is 104 cm³/mol. The van der Waals surface area contributed by atoms with Crippen LogP contribution in [0.2, 0.25) is 0 Å². The van der Waals surface area contributed by atoms with E-state index in [0.29, 0.717) is 41.1 Å². The molecule has 148 valence electrons. The molecular weight excluding hydrogens is 382 g/mol. The number of ether oxygens (including phenoxy) is 3. The van der Waals surface area contributed by atoms with E-state index in [0.717, 1.165) is 4.88 Å². The van der Waals surface area contributed by atoms with Gasteiger partial charge in [-0.3, -0.25) is 4.79 Å². The van der Waals surface area contributed by atoms with Crippen molar-refractivity contribution < 1.29 is 23.5 Å². The average molecular weight is 403 g/mol. The Labute approximate surface area is 166 Å². The number of amides is 1.